The third kappa shape index (κ3) is 10.2. The zero-order valence-electron chi connectivity index (χ0n) is 25.9. The number of anilines is 1. The number of rotatable bonds is 14. The van der Waals surface area contributed by atoms with E-state index < -0.39 is 0 Å². The Morgan fingerprint density at radius 3 is 2.50 bits per heavy atom. The van der Waals surface area contributed by atoms with E-state index >= 15 is 0 Å². The van der Waals surface area contributed by atoms with Crippen LogP contribution in [0.5, 0.6) is 0 Å². The maximum atomic E-state index is 12.7. The number of allylic oxidation sites excluding steroid dienone is 7. The summed E-state index contributed by atoms with van der Waals surface area (Å²) < 4.78 is 0. The highest BCUT2D eigenvalue weighted by Crippen LogP contribution is 2.24. The lowest BCUT2D eigenvalue weighted by atomic mass is 9.87. The van der Waals surface area contributed by atoms with Gasteiger partial charge in [-0.05, 0) is 61.3 Å². The van der Waals surface area contributed by atoms with Crippen LogP contribution in [0.3, 0.4) is 0 Å². The molecule has 4 rings (SSSR count). The molecule has 0 saturated carbocycles. The average Bonchev–Trinajstić information content (AvgIpc) is 3.44. The van der Waals surface area contributed by atoms with E-state index in [9.17, 15) is 14.4 Å². The molecular weight excluding hydrogens is 574 g/mol. The van der Waals surface area contributed by atoms with E-state index in [0.717, 1.165) is 47.5 Å². The summed E-state index contributed by atoms with van der Waals surface area (Å²) in [4.78, 5) is 37.1. The van der Waals surface area contributed by atoms with E-state index in [2.05, 4.69) is 56.1 Å². The molecule has 0 bridgehead atoms. The van der Waals surface area contributed by atoms with Crippen LogP contribution in [0.2, 0.25) is 0 Å². The van der Waals surface area contributed by atoms with Gasteiger partial charge in [-0.1, -0.05) is 80.7 Å². The summed E-state index contributed by atoms with van der Waals surface area (Å²) in [7, 11) is 0. The molecule has 2 heterocycles. The zero-order valence-corrected chi connectivity index (χ0v) is 26.7. The summed E-state index contributed by atoms with van der Waals surface area (Å²) >= 11 is 1.43. The monoisotopic (exact) mass is 617 g/mol. The minimum Gasteiger partial charge on any atom is -0.349 e. The predicted octanol–water partition coefficient (Wildman–Crippen LogP) is 4.98. The highest BCUT2D eigenvalue weighted by atomic mass is 32.1. The van der Waals surface area contributed by atoms with Crippen LogP contribution in [-0.4, -0.2) is 27.9 Å². The number of carbonyl (C=O) groups excluding carboxylic acids is 3. The Morgan fingerprint density at radius 2 is 1.75 bits per heavy atom. The Labute approximate surface area is 263 Å². The second-order valence-electron chi connectivity index (χ2n) is 11.6. The number of carbonyl (C=O) groups is 3. The highest BCUT2D eigenvalue weighted by molar-refractivity contribution is 7.15. The van der Waals surface area contributed by atoms with Crippen molar-refractivity contribution in [2.24, 2.45) is 17.8 Å². The van der Waals surface area contributed by atoms with Crippen molar-refractivity contribution in [1.82, 2.24) is 31.7 Å². The second-order valence-corrected chi connectivity index (χ2v) is 12.7. The standard InChI is InChI=1S/C33H43N7O3S/c1-21(2)32(43)34-23(4)26-13-9-11-24(18-26)19-29(41)35-28-17-16-27(37-38-28)14-7-8-15-31-39-40-33(44-31)36-30(42)20-25-12-6-5-10-22(25)3/h5-6,9-13,16-18,21-23,25,37-38H,7-8,14-15,19-20H2,1-4H3,(H,34,43)(H,35,41)(H,36,40,42). The van der Waals surface area contributed by atoms with Crippen molar-refractivity contribution in [3.8, 4) is 0 Å². The number of benzene rings is 1. The number of nitrogens with one attached hydrogen (secondary N) is 5. The lowest BCUT2D eigenvalue weighted by molar-refractivity contribution is -0.124. The van der Waals surface area contributed by atoms with Crippen molar-refractivity contribution in [3.05, 3.63) is 88.4 Å². The van der Waals surface area contributed by atoms with Crippen molar-refractivity contribution in [2.75, 3.05) is 5.32 Å². The van der Waals surface area contributed by atoms with Gasteiger partial charge in [0.25, 0.3) is 0 Å². The summed E-state index contributed by atoms with van der Waals surface area (Å²) in [5.41, 5.74) is 9.07. The number of nitrogens with zero attached hydrogens (tertiary/aromatic N) is 2. The molecule has 3 atom stereocenters. The smallest absolute Gasteiger partial charge is 0.229 e. The van der Waals surface area contributed by atoms with Gasteiger partial charge in [-0.2, -0.15) is 0 Å². The lowest BCUT2D eigenvalue weighted by Gasteiger charge is -2.20. The van der Waals surface area contributed by atoms with E-state index in [-0.39, 0.29) is 42.0 Å². The average molecular weight is 618 g/mol. The topological polar surface area (TPSA) is 137 Å². The SMILES string of the molecule is CC(C)C(=O)NC(C)c1cccc(CC(=O)NC2=CC=C(CCCCc3nnc(NC(=O)CC4C=CC=CC4C)s3)NN2)c1. The molecule has 0 fully saturated rings. The number of hydrazine groups is 1. The minimum absolute atomic E-state index is 0.000424. The minimum atomic E-state index is -0.136. The first-order valence-electron chi connectivity index (χ1n) is 15.3. The van der Waals surface area contributed by atoms with Crippen LogP contribution in [0.15, 0.2) is 72.2 Å². The molecule has 44 heavy (non-hydrogen) atoms. The molecule has 1 aromatic carbocycles. The van der Waals surface area contributed by atoms with Crippen LogP contribution < -0.4 is 26.8 Å². The number of aromatic nitrogens is 2. The molecule has 5 N–H and O–H groups in total. The fraction of sp³-hybridized carbons (Fsp3) is 0.424. The molecule has 1 aromatic heterocycles. The van der Waals surface area contributed by atoms with Gasteiger partial charge in [-0.25, -0.2) is 0 Å². The number of aryl methyl sites for hydroxylation is 1. The number of amides is 3. The Morgan fingerprint density at radius 1 is 0.955 bits per heavy atom. The molecule has 11 heteroatoms. The number of unbranched alkanes of at least 4 members (excludes halogenated alkanes) is 1. The van der Waals surface area contributed by atoms with Gasteiger partial charge in [0.2, 0.25) is 22.9 Å². The Bertz CT molecular complexity index is 1440. The summed E-state index contributed by atoms with van der Waals surface area (Å²) in [6, 6.07) is 7.59. The largest absolute Gasteiger partial charge is 0.349 e. The maximum absolute atomic E-state index is 12.7. The Kier molecular flexibility index (Phi) is 11.9. The van der Waals surface area contributed by atoms with Gasteiger partial charge in [0.05, 0.1) is 12.5 Å². The fourth-order valence-electron chi connectivity index (χ4n) is 4.85. The predicted molar refractivity (Wildman–Crippen MR) is 174 cm³/mol. The van der Waals surface area contributed by atoms with Crippen LogP contribution in [0.1, 0.15) is 75.6 Å². The fourth-order valence-corrected chi connectivity index (χ4v) is 5.65. The van der Waals surface area contributed by atoms with Gasteiger partial charge < -0.3 is 21.4 Å². The number of hydrogen-bond donors (Lipinski definition) is 5. The molecule has 0 spiro atoms. The lowest BCUT2D eigenvalue weighted by Crippen LogP contribution is -2.41. The van der Waals surface area contributed by atoms with E-state index in [1.165, 1.54) is 11.3 Å². The van der Waals surface area contributed by atoms with Gasteiger partial charge >= 0.3 is 0 Å². The summed E-state index contributed by atoms with van der Waals surface area (Å²) in [6.45, 7) is 7.78. The van der Waals surface area contributed by atoms with E-state index in [4.69, 9.17) is 0 Å². The second kappa shape index (κ2) is 16.0. The molecular formula is C33H43N7O3S. The van der Waals surface area contributed by atoms with E-state index in [0.29, 0.717) is 23.3 Å². The maximum Gasteiger partial charge on any atom is 0.229 e. The summed E-state index contributed by atoms with van der Waals surface area (Å²) in [6.07, 6.45) is 16.2. The summed E-state index contributed by atoms with van der Waals surface area (Å²) in [5, 5.41) is 18.6. The molecule has 2 aromatic rings. The van der Waals surface area contributed by atoms with Gasteiger partial charge in [0.1, 0.15) is 10.8 Å². The molecule has 234 valence electrons. The van der Waals surface area contributed by atoms with Gasteiger partial charge in [-0.3, -0.25) is 19.8 Å². The highest BCUT2D eigenvalue weighted by Gasteiger charge is 2.19. The van der Waals surface area contributed by atoms with Gasteiger partial charge in [0.15, 0.2) is 0 Å². The number of hydrogen-bond acceptors (Lipinski definition) is 8. The molecule has 1 aliphatic carbocycles. The molecule has 2 aliphatic rings. The van der Waals surface area contributed by atoms with Crippen LogP contribution in [-0.2, 0) is 27.2 Å². The molecule has 0 radical (unpaired) electrons. The summed E-state index contributed by atoms with van der Waals surface area (Å²) in [5.74, 6) is 0.873. The Balaban J connectivity index is 1.15. The third-order valence-corrected chi connectivity index (χ3v) is 8.46. The van der Waals surface area contributed by atoms with Crippen LogP contribution >= 0.6 is 11.3 Å². The first-order chi connectivity index (χ1) is 21.2. The van der Waals surface area contributed by atoms with E-state index in [1.807, 2.05) is 69.3 Å². The van der Waals surface area contributed by atoms with Crippen LogP contribution in [0, 0.1) is 17.8 Å². The van der Waals surface area contributed by atoms with Crippen molar-refractivity contribution in [1.29, 1.82) is 0 Å². The van der Waals surface area contributed by atoms with Crippen molar-refractivity contribution >= 4 is 34.2 Å². The third-order valence-electron chi connectivity index (χ3n) is 7.56. The first-order valence-corrected chi connectivity index (χ1v) is 16.1. The van der Waals surface area contributed by atoms with E-state index in [1.54, 1.807) is 0 Å². The van der Waals surface area contributed by atoms with Crippen molar-refractivity contribution < 1.29 is 14.4 Å². The first kappa shape index (κ1) is 32.7. The quantitative estimate of drug-likeness (QED) is 0.189. The molecule has 10 nitrogen and oxygen atoms in total. The van der Waals surface area contributed by atoms with Crippen molar-refractivity contribution in [2.45, 2.75) is 72.3 Å². The van der Waals surface area contributed by atoms with Gasteiger partial charge in [-0.15, -0.1) is 10.2 Å². The molecule has 0 saturated heterocycles. The normalized spacial score (nSPS) is 18.0. The zero-order chi connectivity index (χ0) is 31.5. The van der Waals surface area contributed by atoms with Crippen LogP contribution in [0.4, 0.5) is 5.13 Å². The molecule has 3 amide bonds. The Hall–Kier alpha value is -4.25. The van der Waals surface area contributed by atoms with Gasteiger partial charge in [0, 0.05) is 24.5 Å². The molecule has 3 unspecified atom stereocenters. The van der Waals surface area contributed by atoms with Crippen molar-refractivity contribution in [3.63, 3.8) is 0 Å². The molecule has 1 aliphatic heterocycles. The van der Waals surface area contributed by atoms with Crippen LogP contribution in [0.25, 0.3) is 0 Å².